The molecule has 196 valence electrons. The van der Waals surface area contributed by atoms with Crippen molar-refractivity contribution in [3.05, 3.63) is 28.6 Å². The van der Waals surface area contributed by atoms with E-state index in [9.17, 15) is 27.6 Å². The molecule has 2 aromatic rings. The van der Waals surface area contributed by atoms with Crippen molar-refractivity contribution >= 4 is 55.1 Å². The van der Waals surface area contributed by atoms with Crippen LogP contribution in [0, 0.1) is 0 Å². The van der Waals surface area contributed by atoms with Gasteiger partial charge in [0.05, 0.1) is 29.5 Å². The molecule has 1 aromatic carbocycles. The minimum Gasteiger partial charge on any atom is -0.468 e. The number of methoxy groups -OCH3 is 1. The molecule has 1 fully saturated rings. The van der Waals surface area contributed by atoms with Crippen LogP contribution >= 0.6 is 11.3 Å². The summed E-state index contributed by atoms with van der Waals surface area (Å²) in [5, 5.41) is 0. The number of carbonyl (C=O) groups excluding carboxylic acids is 4. The fourth-order valence-corrected chi connectivity index (χ4v) is 6.01. The number of carbonyl (C=O) groups is 4. The fourth-order valence-electron chi connectivity index (χ4n) is 3.82. The molecule has 0 bridgehead atoms. The van der Waals surface area contributed by atoms with E-state index in [1.807, 2.05) is 0 Å². The molecule has 1 saturated heterocycles. The molecule has 13 heteroatoms. The molecule has 0 atom stereocenters. The molecule has 1 aliphatic heterocycles. The number of hydrogen-bond donors (Lipinski definition) is 0. The highest BCUT2D eigenvalue weighted by molar-refractivity contribution is 7.92. The van der Waals surface area contributed by atoms with Crippen molar-refractivity contribution in [3.8, 4) is 0 Å². The van der Waals surface area contributed by atoms with Gasteiger partial charge in [-0.1, -0.05) is 24.2 Å². The molecule has 0 radical (unpaired) electrons. The number of esters is 2. The van der Waals surface area contributed by atoms with E-state index in [1.165, 1.54) is 22.6 Å². The molecule has 0 aliphatic carbocycles. The fraction of sp³-hybridized carbons (Fsp3) is 0.522. The van der Waals surface area contributed by atoms with Crippen molar-refractivity contribution in [3.63, 3.8) is 0 Å². The van der Waals surface area contributed by atoms with E-state index in [0.29, 0.717) is 23.3 Å². The maximum absolute atomic E-state index is 12.6. The molecule has 11 nitrogen and oxygen atoms in total. The number of benzene rings is 1. The first kappa shape index (κ1) is 27.5. The van der Waals surface area contributed by atoms with E-state index in [4.69, 9.17) is 9.47 Å². The molecule has 0 saturated carbocycles. The Morgan fingerprint density at radius 1 is 1.06 bits per heavy atom. The van der Waals surface area contributed by atoms with E-state index < -0.39 is 45.1 Å². The summed E-state index contributed by atoms with van der Waals surface area (Å²) >= 11 is 1.01. The van der Waals surface area contributed by atoms with Crippen molar-refractivity contribution in [2.24, 2.45) is 4.99 Å². The van der Waals surface area contributed by atoms with Crippen LogP contribution in [-0.4, -0.2) is 79.9 Å². The molecular formula is C23H29N3O8S2. The van der Waals surface area contributed by atoms with Gasteiger partial charge in [-0.05, 0) is 38.0 Å². The lowest BCUT2D eigenvalue weighted by Crippen LogP contribution is -2.37. The van der Waals surface area contributed by atoms with Gasteiger partial charge in [0.25, 0.3) is 5.91 Å². The molecule has 3 rings (SSSR count). The maximum atomic E-state index is 12.6. The topological polar surface area (TPSA) is 141 Å². The van der Waals surface area contributed by atoms with E-state index in [2.05, 4.69) is 4.99 Å². The van der Waals surface area contributed by atoms with Crippen LogP contribution in [0.2, 0.25) is 0 Å². The zero-order valence-electron chi connectivity index (χ0n) is 20.2. The Bertz CT molecular complexity index is 1320. The number of aromatic nitrogens is 1. The molecule has 0 N–H and O–H groups in total. The second kappa shape index (κ2) is 12.3. The van der Waals surface area contributed by atoms with Gasteiger partial charge in [0.15, 0.2) is 14.6 Å². The Kier molecular flexibility index (Phi) is 9.37. The maximum Gasteiger partial charge on any atom is 0.338 e. The first-order chi connectivity index (χ1) is 17.1. The highest BCUT2D eigenvalue weighted by atomic mass is 32.2. The number of likely N-dealkylation sites (tertiary alicyclic amines) is 1. The Hall–Kier alpha value is -3.06. The number of fused-ring (bicyclic) bond motifs is 1. The number of thiazole rings is 1. The minimum absolute atomic E-state index is 0.0652. The van der Waals surface area contributed by atoms with Crippen LogP contribution in [-0.2, 0) is 40.2 Å². The standard InChI is InChI=1S/C23H29N3O8S2/c1-3-34-22(30)16-8-9-17-18(12-16)35-23(26(17)13-21(29)33-2)24-19(27)14-36(31,32)15-20(28)25-10-6-4-5-7-11-25/h8-9,12H,3-7,10-11,13-15H2,1-2H3. The summed E-state index contributed by atoms with van der Waals surface area (Å²) in [6.07, 6.45) is 3.64. The highest BCUT2D eigenvalue weighted by Gasteiger charge is 2.25. The molecule has 2 heterocycles. The van der Waals surface area contributed by atoms with Crippen molar-refractivity contribution in [1.29, 1.82) is 0 Å². The van der Waals surface area contributed by atoms with Crippen molar-refractivity contribution in [2.75, 3.05) is 38.3 Å². The molecule has 0 spiro atoms. The number of hydrogen-bond acceptors (Lipinski definition) is 9. The Balaban J connectivity index is 1.86. The molecule has 36 heavy (non-hydrogen) atoms. The average Bonchev–Trinajstić information content (AvgIpc) is 2.98. The minimum atomic E-state index is -4.05. The van der Waals surface area contributed by atoms with E-state index in [1.54, 1.807) is 19.1 Å². The lowest BCUT2D eigenvalue weighted by atomic mass is 10.2. The zero-order chi connectivity index (χ0) is 26.3. The highest BCUT2D eigenvalue weighted by Crippen LogP contribution is 2.20. The second-order valence-corrected chi connectivity index (χ2v) is 11.4. The second-order valence-electron chi connectivity index (χ2n) is 8.28. The van der Waals surface area contributed by atoms with Gasteiger partial charge in [-0.15, -0.1) is 0 Å². The van der Waals surface area contributed by atoms with Gasteiger partial charge >= 0.3 is 11.9 Å². The van der Waals surface area contributed by atoms with Crippen molar-refractivity contribution in [2.45, 2.75) is 39.2 Å². The van der Waals surface area contributed by atoms with Crippen LogP contribution in [0.4, 0.5) is 0 Å². The van der Waals surface area contributed by atoms with Crippen LogP contribution in [0.3, 0.4) is 0 Å². The van der Waals surface area contributed by atoms with Gasteiger partial charge in [-0.3, -0.25) is 14.4 Å². The summed E-state index contributed by atoms with van der Waals surface area (Å²) in [5.74, 6) is -4.30. The van der Waals surface area contributed by atoms with Gasteiger partial charge in [-0.2, -0.15) is 4.99 Å². The van der Waals surface area contributed by atoms with Crippen molar-refractivity contribution in [1.82, 2.24) is 9.47 Å². The number of sulfone groups is 1. The quantitative estimate of drug-likeness (QED) is 0.457. The monoisotopic (exact) mass is 539 g/mol. The average molecular weight is 540 g/mol. The van der Waals surface area contributed by atoms with Gasteiger partial charge in [0.2, 0.25) is 5.91 Å². The van der Waals surface area contributed by atoms with Gasteiger partial charge in [0, 0.05) is 13.1 Å². The third-order valence-corrected chi connectivity index (χ3v) is 7.99. The van der Waals surface area contributed by atoms with Crippen LogP contribution in [0.25, 0.3) is 10.2 Å². The van der Waals surface area contributed by atoms with Crippen LogP contribution < -0.4 is 4.80 Å². The van der Waals surface area contributed by atoms with Crippen LogP contribution in [0.1, 0.15) is 43.0 Å². The molecular weight excluding hydrogens is 510 g/mol. The third kappa shape index (κ3) is 7.23. The Morgan fingerprint density at radius 2 is 1.75 bits per heavy atom. The van der Waals surface area contributed by atoms with Gasteiger partial charge in [-0.25, -0.2) is 13.2 Å². The van der Waals surface area contributed by atoms with Gasteiger partial charge < -0.3 is 18.9 Å². The van der Waals surface area contributed by atoms with Crippen LogP contribution in [0.15, 0.2) is 23.2 Å². The number of rotatable bonds is 8. The normalized spacial score (nSPS) is 14.9. The molecule has 1 aromatic heterocycles. The van der Waals surface area contributed by atoms with E-state index in [-0.39, 0.29) is 23.5 Å². The molecule has 0 unspecified atom stereocenters. The first-order valence-corrected chi connectivity index (χ1v) is 14.2. The summed E-state index contributed by atoms with van der Waals surface area (Å²) in [5.41, 5.74) is 0.785. The Labute approximate surface area is 212 Å². The van der Waals surface area contributed by atoms with Gasteiger partial charge in [0.1, 0.15) is 18.1 Å². The summed E-state index contributed by atoms with van der Waals surface area (Å²) in [6.45, 7) is 2.63. The van der Waals surface area contributed by atoms with Crippen molar-refractivity contribution < 1.29 is 37.1 Å². The number of amides is 2. The first-order valence-electron chi connectivity index (χ1n) is 11.6. The summed E-state index contributed by atoms with van der Waals surface area (Å²) in [4.78, 5) is 54.7. The summed E-state index contributed by atoms with van der Waals surface area (Å²) in [7, 11) is -2.83. The smallest absolute Gasteiger partial charge is 0.338 e. The summed E-state index contributed by atoms with van der Waals surface area (Å²) in [6, 6.07) is 4.65. The number of ether oxygens (including phenoxy) is 2. The van der Waals surface area contributed by atoms with E-state index in [0.717, 1.165) is 37.0 Å². The lowest BCUT2D eigenvalue weighted by Gasteiger charge is -2.19. The largest absolute Gasteiger partial charge is 0.468 e. The summed E-state index contributed by atoms with van der Waals surface area (Å²) < 4.78 is 36.8. The Morgan fingerprint density at radius 3 is 2.39 bits per heavy atom. The zero-order valence-corrected chi connectivity index (χ0v) is 21.9. The van der Waals surface area contributed by atoms with E-state index >= 15 is 0 Å². The molecule has 2 amide bonds. The molecule has 1 aliphatic rings. The SMILES string of the molecule is CCOC(=O)c1ccc2c(c1)sc(=NC(=O)CS(=O)(=O)CC(=O)N1CCCCCC1)n2CC(=O)OC. The lowest BCUT2D eigenvalue weighted by molar-refractivity contribution is -0.141. The third-order valence-electron chi connectivity index (χ3n) is 5.57. The predicted octanol–water partition coefficient (Wildman–Crippen LogP) is 1.30. The number of nitrogens with zero attached hydrogens (tertiary/aromatic N) is 3. The van der Waals surface area contributed by atoms with Crippen LogP contribution in [0.5, 0.6) is 0 Å². The predicted molar refractivity (Wildman–Crippen MR) is 132 cm³/mol.